The van der Waals surface area contributed by atoms with Crippen molar-refractivity contribution in [2.24, 2.45) is 11.8 Å². The molecule has 0 bridgehead atoms. The average Bonchev–Trinajstić information content (AvgIpc) is 2.85. The Bertz CT molecular complexity index is 1290. The molecule has 0 radical (unpaired) electrons. The molecular weight excluding hydrogens is 495 g/mol. The third-order valence-electron chi connectivity index (χ3n) is 6.25. The second kappa shape index (κ2) is 11.6. The second-order valence-electron chi connectivity index (χ2n) is 9.47. The van der Waals surface area contributed by atoms with Crippen molar-refractivity contribution in [3.05, 3.63) is 89.7 Å². The third-order valence-corrected chi connectivity index (χ3v) is 9.16. The highest BCUT2D eigenvalue weighted by Crippen LogP contribution is 2.34. The lowest BCUT2D eigenvalue weighted by molar-refractivity contribution is 0.0951. The summed E-state index contributed by atoms with van der Waals surface area (Å²) in [5.74, 6) is -0.132. The lowest BCUT2D eigenvalue weighted by Gasteiger charge is -2.34. The minimum atomic E-state index is -3.75. The number of hydrogen-bond donors (Lipinski definition) is 1. The van der Waals surface area contributed by atoms with Gasteiger partial charge >= 0.3 is 0 Å². The van der Waals surface area contributed by atoms with Crippen molar-refractivity contribution in [1.29, 1.82) is 0 Å². The monoisotopic (exact) mass is 526 g/mol. The number of halogens is 1. The Morgan fingerprint density at radius 2 is 1.67 bits per heavy atom. The van der Waals surface area contributed by atoms with E-state index in [-0.39, 0.29) is 34.0 Å². The lowest BCUT2D eigenvalue weighted by atomic mass is 9.94. The summed E-state index contributed by atoms with van der Waals surface area (Å²) in [5.41, 5.74) is 1.39. The largest absolute Gasteiger partial charge is 0.352 e. The Labute approximate surface area is 217 Å². The van der Waals surface area contributed by atoms with Crippen LogP contribution < -0.4 is 5.32 Å². The van der Waals surface area contributed by atoms with Crippen LogP contribution in [0.25, 0.3) is 0 Å². The number of nitrogens with zero attached hydrogens (tertiary/aromatic N) is 1. The van der Waals surface area contributed by atoms with Crippen LogP contribution in [0.2, 0.25) is 0 Å². The number of hydrogen-bond acceptors (Lipinski definition) is 4. The summed E-state index contributed by atoms with van der Waals surface area (Å²) in [4.78, 5) is 14.7. The van der Waals surface area contributed by atoms with E-state index in [0.717, 1.165) is 16.9 Å². The minimum Gasteiger partial charge on any atom is -0.352 e. The quantitative estimate of drug-likeness (QED) is 0.414. The zero-order valence-electron chi connectivity index (χ0n) is 20.5. The summed E-state index contributed by atoms with van der Waals surface area (Å²) in [7, 11) is -3.75. The molecule has 1 heterocycles. The van der Waals surface area contributed by atoms with Crippen molar-refractivity contribution in [3.8, 4) is 0 Å². The standard InChI is InChI=1S/C28H31FN2O3S2/c1-20-16-21(2)19-31(18-20)36(33,34)25-12-13-27(35-24-10-8-23(29)9-11-24)26(17-25)28(32)30-15-14-22-6-4-3-5-7-22/h3-13,17,20-21H,14-16,18-19H2,1-2H3,(H,30,32)/t20-,21+. The second-order valence-corrected chi connectivity index (χ2v) is 12.5. The van der Waals surface area contributed by atoms with Gasteiger partial charge in [-0.2, -0.15) is 4.31 Å². The zero-order valence-corrected chi connectivity index (χ0v) is 22.1. The Kier molecular flexibility index (Phi) is 8.49. The van der Waals surface area contributed by atoms with Gasteiger partial charge in [-0.15, -0.1) is 0 Å². The van der Waals surface area contributed by atoms with Gasteiger partial charge in [0.15, 0.2) is 0 Å². The first-order chi connectivity index (χ1) is 17.2. The highest BCUT2D eigenvalue weighted by Gasteiger charge is 2.32. The first kappa shape index (κ1) is 26.4. The molecule has 2 atom stereocenters. The molecular formula is C28H31FN2O3S2. The van der Waals surface area contributed by atoms with E-state index in [1.165, 1.54) is 34.3 Å². The van der Waals surface area contributed by atoms with E-state index in [4.69, 9.17) is 0 Å². The molecule has 0 spiro atoms. The molecule has 0 aliphatic carbocycles. The fraction of sp³-hybridized carbons (Fsp3) is 0.321. The smallest absolute Gasteiger partial charge is 0.252 e. The van der Waals surface area contributed by atoms with Gasteiger partial charge in [-0.05, 0) is 72.7 Å². The van der Waals surface area contributed by atoms with Crippen molar-refractivity contribution >= 4 is 27.7 Å². The molecule has 3 aromatic rings. The van der Waals surface area contributed by atoms with Crippen LogP contribution in [-0.4, -0.2) is 38.3 Å². The van der Waals surface area contributed by atoms with Gasteiger partial charge in [-0.25, -0.2) is 12.8 Å². The Morgan fingerprint density at radius 3 is 2.33 bits per heavy atom. The van der Waals surface area contributed by atoms with E-state index in [9.17, 15) is 17.6 Å². The first-order valence-electron chi connectivity index (χ1n) is 12.1. The van der Waals surface area contributed by atoms with Gasteiger partial charge in [-0.1, -0.05) is 55.9 Å². The van der Waals surface area contributed by atoms with E-state index in [1.54, 1.807) is 24.3 Å². The van der Waals surface area contributed by atoms with E-state index >= 15 is 0 Å². The van der Waals surface area contributed by atoms with Crippen LogP contribution in [0.1, 0.15) is 36.2 Å². The molecule has 1 aliphatic heterocycles. The number of rotatable bonds is 8. The molecule has 0 saturated carbocycles. The van der Waals surface area contributed by atoms with Crippen LogP contribution in [-0.2, 0) is 16.4 Å². The van der Waals surface area contributed by atoms with Gasteiger partial charge in [0.1, 0.15) is 5.82 Å². The molecule has 1 aliphatic rings. The van der Waals surface area contributed by atoms with Crippen LogP contribution in [0.5, 0.6) is 0 Å². The van der Waals surface area contributed by atoms with Crippen molar-refractivity contribution < 1.29 is 17.6 Å². The number of piperidine rings is 1. The van der Waals surface area contributed by atoms with Crippen molar-refractivity contribution in [2.45, 2.75) is 41.4 Å². The van der Waals surface area contributed by atoms with Gasteiger partial charge in [0.2, 0.25) is 10.0 Å². The molecule has 1 fully saturated rings. The summed E-state index contributed by atoms with van der Waals surface area (Å²) in [5, 5.41) is 2.93. The van der Waals surface area contributed by atoms with Gasteiger partial charge in [-0.3, -0.25) is 4.79 Å². The Balaban J connectivity index is 1.61. The van der Waals surface area contributed by atoms with Gasteiger partial charge in [0, 0.05) is 29.4 Å². The normalized spacial score (nSPS) is 18.6. The van der Waals surface area contributed by atoms with Gasteiger partial charge in [0.05, 0.1) is 10.5 Å². The Hall–Kier alpha value is -2.68. The molecule has 1 N–H and O–H groups in total. The molecule has 8 heteroatoms. The fourth-order valence-electron chi connectivity index (χ4n) is 4.58. The number of carbonyl (C=O) groups excluding carboxylic acids is 1. The number of benzene rings is 3. The maximum absolute atomic E-state index is 13.5. The lowest BCUT2D eigenvalue weighted by Crippen LogP contribution is -2.42. The summed E-state index contributed by atoms with van der Waals surface area (Å²) in [6.45, 7) is 5.48. The van der Waals surface area contributed by atoms with E-state index in [0.29, 0.717) is 31.0 Å². The van der Waals surface area contributed by atoms with E-state index in [2.05, 4.69) is 19.2 Å². The average molecular weight is 527 g/mol. The zero-order chi connectivity index (χ0) is 25.7. The van der Waals surface area contributed by atoms with Crippen molar-refractivity contribution in [3.63, 3.8) is 0 Å². The minimum absolute atomic E-state index is 0.112. The molecule has 0 unspecified atom stereocenters. The van der Waals surface area contributed by atoms with Gasteiger partial charge < -0.3 is 5.32 Å². The van der Waals surface area contributed by atoms with Crippen molar-refractivity contribution in [1.82, 2.24) is 9.62 Å². The SMILES string of the molecule is C[C@@H]1C[C@H](C)CN(S(=O)(=O)c2ccc(Sc3ccc(F)cc3)c(C(=O)NCCc3ccccc3)c2)C1. The predicted octanol–water partition coefficient (Wildman–Crippen LogP) is 5.62. The fourth-order valence-corrected chi connectivity index (χ4v) is 7.21. The molecule has 1 amide bonds. The maximum atomic E-state index is 13.5. The first-order valence-corrected chi connectivity index (χ1v) is 14.4. The molecule has 3 aromatic carbocycles. The molecule has 36 heavy (non-hydrogen) atoms. The van der Waals surface area contributed by atoms with E-state index in [1.807, 2.05) is 30.3 Å². The van der Waals surface area contributed by atoms with Gasteiger partial charge in [0.25, 0.3) is 5.91 Å². The van der Waals surface area contributed by atoms with Crippen LogP contribution >= 0.6 is 11.8 Å². The number of amides is 1. The van der Waals surface area contributed by atoms with Crippen LogP contribution in [0.3, 0.4) is 0 Å². The molecule has 4 rings (SSSR count). The predicted molar refractivity (Wildman–Crippen MR) is 141 cm³/mol. The summed E-state index contributed by atoms with van der Waals surface area (Å²) < 4.78 is 41.9. The molecule has 1 saturated heterocycles. The van der Waals surface area contributed by atoms with Crippen LogP contribution in [0.4, 0.5) is 4.39 Å². The Morgan fingerprint density at radius 1 is 1.00 bits per heavy atom. The topological polar surface area (TPSA) is 66.5 Å². The van der Waals surface area contributed by atoms with Crippen LogP contribution in [0, 0.1) is 17.7 Å². The van der Waals surface area contributed by atoms with Crippen LogP contribution in [0.15, 0.2) is 87.5 Å². The number of carbonyl (C=O) groups is 1. The summed E-state index contributed by atoms with van der Waals surface area (Å²) in [6, 6.07) is 20.5. The van der Waals surface area contributed by atoms with E-state index < -0.39 is 10.0 Å². The number of nitrogens with one attached hydrogen (secondary N) is 1. The third kappa shape index (κ3) is 6.55. The summed E-state index contributed by atoms with van der Waals surface area (Å²) in [6.07, 6.45) is 1.66. The number of sulfonamides is 1. The molecule has 0 aromatic heterocycles. The molecule has 190 valence electrons. The highest BCUT2D eigenvalue weighted by molar-refractivity contribution is 7.99. The maximum Gasteiger partial charge on any atom is 0.252 e. The molecule has 5 nitrogen and oxygen atoms in total. The van der Waals surface area contributed by atoms with Crippen molar-refractivity contribution in [2.75, 3.05) is 19.6 Å². The summed E-state index contributed by atoms with van der Waals surface area (Å²) >= 11 is 1.30. The highest BCUT2D eigenvalue weighted by atomic mass is 32.2.